The highest BCUT2D eigenvalue weighted by molar-refractivity contribution is 7.89. The number of aliphatic imine (C=N–C) groups is 1. The summed E-state index contributed by atoms with van der Waals surface area (Å²) in [7, 11) is -1.35. The largest absolute Gasteiger partial charge is 0.375 e. The number of morpholine rings is 1. The molecule has 2 aliphatic heterocycles. The van der Waals surface area contributed by atoms with Gasteiger partial charge < -0.3 is 19.7 Å². The highest BCUT2D eigenvalue weighted by atomic mass is 32.2. The summed E-state index contributed by atoms with van der Waals surface area (Å²) < 4.78 is 36.9. The third-order valence-corrected chi connectivity index (χ3v) is 5.73. The predicted molar refractivity (Wildman–Crippen MR) is 93.7 cm³/mol. The average Bonchev–Trinajstić information content (AvgIpc) is 3.13. The molecule has 2 fully saturated rings. The molecule has 2 aliphatic rings. The van der Waals surface area contributed by atoms with Gasteiger partial charge in [0.25, 0.3) is 0 Å². The Morgan fingerprint density at radius 3 is 2.71 bits per heavy atom. The highest BCUT2D eigenvalue weighted by Gasteiger charge is 2.32. The Balaban J connectivity index is 1.72. The summed E-state index contributed by atoms with van der Waals surface area (Å²) in [5.74, 6) is 0.945. The Hall–Kier alpha value is -0.900. The molecule has 0 amide bonds. The number of guanidine groups is 1. The van der Waals surface area contributed by atoms with Crippen LogP contribution in [0.15, 0.2) is 4.99 Å². The minimum atomic E-state index is -3.11. The normalized spacial score (nSPS) is 25.9. The molecule has 2 N–H and O–H groups in total. The van der Waals surface area contributed by atoms with Crippen LogP contribution in [0.2, 0.25) is 0 Å². The molecule has 9 heteroatoms. The van der Waals surface area contributed by atoms with Crippen molar-refractivity contribution >= 4 is 16.0 Å². The lowest BCUT2D eigenvalue weighted by Crippen LogP contribution is -2.53. The fraction of sp³-hybridized carbons (Fsp3) is 0.933. The highest BCUT2D eigenvalue weighted by Crippen LogP contribution is 2.20. The van der Waals surface area contributed by atoms with Crippen LogP contribution < -0.4 is 10.0 Å². The zero-order valence-corrected chi connectivity index (χ0v) is 15.5. The standard InChI is InChI=1S/C15H30N4O4S/c1-3-24(20,21)18-8-5-7-17-15(16-2)19-9-11-23-14(12-19)13-6-4-10-22-13/h13-14,18H,3-12H2,1-2H3,(H,16,17). The monoisotopic (exact) mass is 362 g/mol. The lowest BCUT2D eigenvalue weighted by atomic mass is 10.1. The van der Waals surface area contributed by atoms with E-state index in [-0.39, 0.29) is 18.0 Å². The molecule has 2 rings (SSSR count). The summed E-state index contributed by atoms with van der Waals surface area (Å²) in [5, 5.41) is 3.30. The fourth-order valence-corrected chi connectivity index (χ4v) is 3.60. The van der Waals surface area contributed by atoms with Gasteiger partial charge in [-0.1, -0.05) is 0 Å². The minimum Gasteiger partial charge on any atom is -0.375 e. The molecule has 8 nitrogen and oxygen atoms in total. The molecule has 2 atom stereocenters. The fourth-order valence-electron chi connectivity index (χ4n) is 2.94. The van der Waals surface area contributed by atoms with Crippen molar-refractivity contribution in [2.45, 2.75) is 38.4 Å². The van der Waals surface area contributed by atoms with Crippen LogP contribution in [-0.4, -0.2) is 83.7 Å². The summed E-state index contributed by atoms with van der Waals surface area (Å²) in [5.41, 5.74) is 0. The van der Waals surface area contributed by atoms with Crippen LogP contribution in [0, 0.1) is 0 Å². The second-order valence-electron chi connectivity index (χ2n) is 6.03. The molecule has 0 saturated carbocycles. The molecule has 2 saturated heterocycles. The SMILES string of the molecule is CCS(=O)(=O)NCCCNC(=NC)N1CCOC(C2CCCO2)C1. The molecule has 2 unspecified atom stereocenters. The smallest absolute Gasteiger partial charge is 0.211 e. The van der Waals surface area contributed by atoms with E-state index in [0.717, 1.165) is 38.5 Å². The Kier molecular flexibility index (Phi) is 7.73. The van der Waals surface area contributed by atoms with Crippen molar-refractivity contribution in [1.29, 1.82) is 0 Å². The van der Waals surface area contributed by atoms with E-state index in [2.05, 4.69) is 19.9 Å². The van der Waals surface area contributed by atoms with Crippen LogP contribution in [-0.2, 0) is 19.5 Å². The van der Waals surface area contributed by atoms with Gasteiger partial charge in [-0.15, -0.1) is 0 Å². The number of ether oxygens (including phenoxy) is 2. The second-order valence-corrected chi connectivity index (χ2v) is 8.13. The van der Waals surface area contributed by atoms with Crippen molar-refractivity contribution < 1.29 is 17.9 Å². The molecule has 0 radical (unpaired) electrons. The Morgan fingerprint density at radius 2 is 2.04 bits per heavy atom. The summed E-state index contributed by atoms with van der Waals surface area (Å²) in [6.07, 6.45) is 3.15. The maximum absolute atomic E-state index is 11.4. The molecule has 0 aromatic heterocycles. The van der Waals surface area contributed by atoms with Crippen LogP contribution in [0.5, 0.6) is 0 Å². The molecule has 2 heterocycles. The van der Waals surface area contributed by atoms with E-state index >= 15 is 0 Å². The van der Waals surface area contributed by atoms with Gasteiger partial charge in [0.2, 0.25) is 10.0 Å². The van der Waals surface area contributed by atoms with Crippen molar-refractivity contribution in [3.05, 3.63) is 0 Å². The average molecular weight is 362 g/mol. The topological polar surface area (TPSA) is 92.3 Å². The van der Waals surface area contributed by atoms with Crippen LogP contribution in [0.25, 0.3) is 0 Å². The van der Waals surface area contributed by atoms with E-state index in [1.54, 1.807) is 14.0 Å². The van der Waals surface area contributed by atoms with E-state index in [4.69, 9.17) is 9.47 Å². The Bertz CT molecular complexity index is 506. The van der Waals surface area contributed by atoms with E-state index < -0.39 is 10.0 Å². The minimum absolute atomic E-state index is 0.0937. The number of nitrogens with zero attached hydrogens (tertiary/aromatic N) is 2. The summed E-state index contributed by atoms with van der Waals surface area (Å²) >= 11 is 0. The van der Waals surface area contributed by atoms with Gasteiger partial charge in [-0.25, -0.2) is 13.1 Å². The molecular formula is C15H30N4O4S. The molecule has 0 bridgehead atoms. The Labute approximate surface area is 145 Å². The number of sulfonamides is 1. The van der Waals surface area contributed by atoms with Gasteiger partial charge in [0, 0.05) is 39.8 Å². The molecule has 0 spiro atoms. The molecular weight excluding hydrogens is 332 g/mol. The van der Waals surface area contributed by atoms with Crippen molar-refractivity contribution in [3.8, 4) is 0 Å². The molecule has 0 aromatic carbocycles. The van der Waals surface area contributed by atoms with Gasteiger partial charge in [0.15, 0.2) is 5.96 Å². The van der Waals surface area contributed by atoms with Crippen LogP contribution in [0.4, 0.5) is 0 Å². The van der Waals surface area contributed by atoms with Gasteiger partial charge in [-0.3, -0.25) is 4.99 Å². The first-order chi connectivity index (χ1) is 11.6. The molecule has 140 valence electrons. The van der Waals surface area contributed by atoms with Crippen molar-refractivity contribution in [3.63, 3.8) is 0 Å². The van der Waals surface area contributed by atoms with Gasteiger partial charge in [-0.05, 0) is 26.2 Å². The van der Waals surface area contributed by atoms with Crippen molar-refractivity contribution in [2.24, 2.45) is 4.99 Å². The maximum Gasteiger partial charge on any atom is 0.211 e. The lowest BCUT2D eigenvalue weighted by Gasteiger charge is -2.37. The van der Waals surface area contributed by atoms with E-state index in [0.29, 0.717) is 26.1 Å². The second kappa shape index (κ2) is 9.55. The van der Waals surface area contributed by atoms with Gasteiger partial charge in [0.1, 0.15) is 6.10 Å². The van der Waals surface area contributed by atoms with Gasteiger partial charge in [0.05, 0.1) is 18.5 Å². The first kappa shape index (κ1) is 19.4. The van der Waals surface area contributed by atoms with Crippen LogP contribution in [0.1, 0.15) is 26.2 Å². The van der Waals surface area contributed by atoms with Crippen LogP contribution in [0.3, 0.4) is 0 Å². The first-order valence-electron chi connectivity index (χ1n) is 8.72. The number of hydrogen-bond acceptors (Lipinski definition) is 5. The third kappa shape index (κ3) is 5.87. The number of nitrogens with one attached hydrogen (secondary N) is 2. The third-order valence-electron chi connectivity index (χ3n) is 4.32. The van der Waals surface area contributed by atoms with Gasteiger partial charge in [-0.2, -0.15) is 0 Å². The maximum atomic E-state index is 11.4. The van der Waals surface area contributed by atoms with Crippen LogP contribution >= 0.6 is 0 Å². The zero-order valence-electron chi connectivity index (χ0n) is 14.7. The zero-order chi connectivity index (χ0) is 17.4. The van der Waals surface area contributed by atoms with Gasteiger partial charge >= 0.3 is 0 Å². The summed E-state index contributed by atoms with van der Waals surface area (Å²) in [6, 6.07) is 0. The van der Waals surface area contributed by atoms with E-state index in [1.165, 1.54) is 0 Å². The predicted octanol–water partition coefficient (Wildman–Crippen LogP) is -0.229. The number of hydrogen-bond donors (Lipinski definition) is 2. The quantitative estimate of drug-likeness (QED) is 0.369. The number of rotatable bonds is 7. The summed E-state index contributed by atoms with van der Waals surface area (Å²) in [4.78, 5) is 6.52. The summed E-state index contributed by atoms with van der Waals surface area (Å²) in [6.45, 7) is 5.79. The van der Waals surface area contributed by atoms with E-state index in [1.807, 2.05) is 0 Å². The molecule has 0 aliphatic carbocycles. The van der Waals surface area contributed by atoms with Crippen molar-refractivity contribution in [1.82, 2.24) is 14.9 Å². The van der Waals surface area contributed by atoms with Crippen molar-refractivity contribution in [2.75, 3.05) is 52.2 Å². The Morgan fingerprint density at radius 1 is 1.25 bits per heavy atom. The van der Waals surface area contributed by atoms with E-state index in [9.17, 15) is 8.42 Å². The first-order valence-corrected chi connectivity index (χ1v) is 10.4. The molecule has 0 aromatic rings. The molecule has 24 heavy (non-hydrogen) atoms. The lowest BCUT2D eigenvalue weighted by molar-refractivity contribution is -0.0816.